The first kappa shape index (κ1) is 14.1. The summed E-state index contributed by atoms with van der Waals surface area (Å²) < 4.78 is 43.7. The van der Waals surface area contributed by atoms with Crippen LogP contribution in [0.25, 0.3) is 0 Å². The van der Waals surface area contributed by atoms with Crippen LogP contribution in [0.2, 0.25) is 0 Å². The number of halogens is 3. The number of nitrogens with zero attached hydrogens (tertiary/aromatic N) is 1. The number of carbonyl (C=O) groups excluding carboxylic acids is 1. The van der Waals surface area contributed by atoms with Crippen LogP contribution in [0, 0.1) is 31.3 Å². The van der Waals surface area contributed by atoms with Crippen molar-refractivity contribution in [3.63, 3.8) is 0 Å². The Labute approximate surface area is 112 Å². The third-order valence-electron chi connectivity index (χ3n) is 2.79. The second kappa shape index (κ2) is 5.36. The van der Waals surface area contributed by atoms with Crippen LogP contribution in [0.4, 0.5) is 18.9 Å². The van der Waals surface area contributed by atoms with Crippen molar-refractivity contribution in [1.29, 1.82) is 0 Å². The molecule has 0 bridgehead atoms. The third-order valence-corrected chi connectivity index (χ3v) is 2.79. The van der Waals surface area contributed by atoms with E-state index >= 15 is 0 Å². The molecule has 0 fully saturated rings. The van der Waals surface area contributed by atoms with E-state index in [4.69, 9.17) is 4.52 Å². The lowest BCUT2D eigenvalue weighted by Crippen LogP contribution is -2.15. The molecule has 0 aliphatic heterocycles. The second-order valence-electron chi connectivity index (χ2n) is 4.28. The molecule has 1 aromatic heterocycles. The van der Waals surface area contributed by atoms with Gasteiger partial charge < -0.3 is 9.84 Å². The molecule has 1 N–H and O–H groups in total. The monoisotopic (exact) mass is 284 g/mol. The number of hydrogen-bond donors (Lipinski definition) is 1. The van der Waals surface area contributed by atoms with Crippen molar-refractivity contribution in [1.82, 2.24) is 5.16 Å². The molecule has 4 nitrogen and oxygen atoms in total. The number of carbonyl (C=O) groups is 1. The predicted molar refractivity (Wildman–Crippen MR) is 64.6 cm³/mol. The van der Waals surface area contributed by atoms with E-state index in [2.05, 4.69) is 10.5 Å². The standard InChI is InChI=1S/C13H11F3N2O2/c1-6-9(7(2)20-18-6)5-12(19)17-8-3-10(14)13(16)11(15)4-8/h3-4H,5H2,1-2H3,(H,17,19). The van der Waals surface area contributed by atoms with Crippen molar-refractivity contribution >= 4 is 11.6 Å². The lowest BCUT2D eigenvalue weighted by Gasteiger charge is -2.06. The molecule has 0 aliphatic carbocycles. The summed E-state index contributed by atoms with van der Waals surface area (Å²) in [7, 11) is 0. The highest BCUT2D eigenvalue weighted by molar-refractivity contribution is 5.92. The van der Waals surface area contributed by atoms with Gasteiger partial charge in [-0.1, -0.05) is 5.16 Å². The molecule has 0 atom stereocenters. The van der Waals surface area contributed by atoms with Gasteiger partial charge in [0.25, 0.3) is 0 Å². The molecule has 0 aliphatic rings. The van der Waals surface area contributed by atoms with Gasteiger partial charge in [0.05, 0.1) is 12.1 Å². The quantitative estimate of drug-likeness (QED) is 0.882. The second-order valence-corrected chi connectivity index (χ2v) is 4.28. The van der Waals surface area contributed by atoms with Crippen LogP contribution < -0.4 is 5.32 Å². The third kappa shape index (κ3) is 2.81. The molecule has 2 aromatic rings. The Morgan fingerprint density at radius 1 is 1.25 bits per heavy atom. The van der Waals surface area contributed by atoms with Crippen LogP contribution in [0.3, 0.4) is 0 Å². The molecule has 1 aromatic carbocycles. The first-order valence-electron chi connectivity index (χ1n) is 5.74. The molecule has 106 valence electrons. The Balaban J connectivity index is 2.13. The van der Waals surface area contributed by atoms with Gasteiger partial charge >= 0.3 is 0 Å². The Morgan fingerprint density at radius 3 is 2.35 bits per heavy atom. The summed E-state index contributed by atoms with van der Waals surface area (Å²) in [5.41, 5.74) is 1.01. The van der Waals surface area contributed by atoms with Gasteiger partial charge in [-0.05, 0) is 13.8 Å². The smallest absolute Gasteiger partial charge is 0.229 e. The summed E-state index contributed by atoms with van der Waals surface area (Å²) in [5.74, 6) is -4.32. The van der Waals surface area contributed by atoms with Gasteiger partial charge in [-0.3, -0.25) is 4.79 Å². The van der Waals surface area contributed by atoms with E-state index in [9.17, 15) is 18.0 Å². The molecule has 0 unspecified atom stereocenters. The van der Waals surface area contributed by atoms with E-state index in [-0.39, 0.29) is 12.1 Å². The number of aryl methyl sites for hydroxylation is 2. The maximum Gasteiger partial charge on any atom is 0.229 e. The fourth-order valence-corrected chi connectivity index (χ4v) is 1.75. The number of amides is 1. The number of anilines is 1. The highest BCUT2D eigenvalue weighted by atomic mass is 19.2. The average Bonchev–Trinajstić information content (AvgIpc) is 2.67. The van der Waals surface area contributed by atoms with Crippen molar-refractivity contribution in [2.45, 2.75) is 20.3 Å². The lowest BCUT2D eigenvalue weighted by atomic mass is 10.1. The number of aromatic nitrogens is 1. The van der Waals surface area contributed by atoms with Gasteiger partial charge in [-0.2, -0.15) is 0 Å². The molecule has 1 heterocycles. The van der Waals surface area contributed by atoms with E-state index in [1.165, 1.54) is 0 Å². The molecular weight excluding hydrogens is 273 g/mol. The minimum absolute atomic E-state index is 0.0538. The molecule has 0 saturated heterocycles. The Morgan fingerprint density at radius 2 is 1.85 bits per heavy atom. The summed E-state index contributed by atoms with van der Waals surface area (Å²) in [6.07, 6.45) is -0.0538. The molecule has 1 amide bonds. The molecular formula is C13H11F3N2O2. The Kier molecular flexibility index (Phi) is 3.78. The fraction of sp³-hybridized carbons (Fsp3) is 0.231. The van der Waals surface area contributed by atoms with Crippen LogP contribution in [0.5, 0.6) is 0 Å². The first-order valence-corrected chi connectivity index (χ1v) is 5.74. The van der Waals surface area contributed by atoms with Crippen molar-refractivity contribution < 1.29 is 22.5 Å². The topological polar surface area (TPSA) is 55.1 Å². The fourth-order valence-electron chi connectivity index (χ4n) is 1.75. The lowest BCUT2D eigenvalue weighted by molar-refractivity contribution is -0.115. The van der Waals surface area contributed by atoms with Gasteiger partial charge in [-0.25, -0.2) is 13.2 Å². The molecule has 7 heteroatoms. The summed E-state index contributed by atoms with van der Waals surface area (Å²) in [6, 6.07) is 1.42. The summed E-state index contributed by atoms with van der Waals surface area (Å²) >= 11 is 0. The number of benzene rings is 1. The Bertz CT molecular complexity index is 625. The van der Waals surface area contributed by atoms with Gasteiger partial charge in [0, 0.05) is 23.4 Å². The van der Waals surface area contributed by atoms with Crippen molar-refractivity contribution in [2.75, 3.05) is 5.32 Å². The zero-order chi connectivity index (χ0) is 14.9. The zero-order valence-electron chi connectivity index (χ0n) is 10.8. The van der Waals surface area contributed by atoms with Gasteiger partial charge in [0.2, 0.25) is 5.91 Å². The van der Waals surface area contributed by atoms with Gasteiger partial charge in [0.15, 0.2) is 17.5 Å². The minimum Gasteiger partial charge on any atom is -0.361 e. The largest absolute Gasteiger partial charge is 0.361 e. The normalized spacial score (nSPS) is 10.7. The summed E-state index contributed by atoms with van der Waals surface area (Å²) in [5, 5.41) is 5.98. The van der Waals surface area contributed by atoms with Crippen LogP contribution in [-0.2, 0) is 11.2 Å². The highest BCUT2D eigenvalue weighted by Crippen LogP contribution is 2.18. The molecule has 0 saturated carbocycles. The van der Waals surface area contributed by atoms with E-state index in [1.54, 1.807) is 13.8 Å². The van der Waals surface area contributed by atoms with Gasteiger partial charge in [-0.15, -0.1) is 0 Å². The van der Waals surface area contributed by atoms with Crippen molar-refractivity contribution in [3.05, 3.63) is 46.6 Å². The number of rotatable bonds is 3. The molecule has 2 rings (SSSR count). The van der Waals surface area contributed by atoms with Crippen LogP contribution in [-0.4, -0.2) is 11.1 Å². The van der Waals surface area contributed by atoms with Crippen LogP contribution in [0.15, 0.2) is 16.7 Å². The Hall–Kier alpha value is -2.31. The predicted octanol–water partition coefficient (Wildman–Crippen LogP) is 2.89. The van der Waals surface area contributed by atoms with Gasteiger partial charge in [0.1, 0.15) is 5.76 Å². The summed E-state index contributed by atoms with van der Waals surface area (Å²) in [6.45, 7) is 3.33. The van der Waals surface area contributed by atoms with E-state index in [0.29, 0.717) is 29.2 Å². The SMILES string of the molecule is Cc1noc(C)c1CC(=O)Nc1cc(F)c(F)c(F)c1. The van der Waals surface area contributed by atoms with Crippen LogP contribution in [0.1, 0.15) is 17.0 Å². The maximum absolute atomic E-state index is 13.0. The zero-order valence-corrected chi connectivity index (χ0v) is 10.8. The average molecular weight is 284 g/mol. The highest BCUT2D eigenvalue weighted by Gasteiger charge is 2.15. The van der Waals surface area contributed by atoms with E-state index < -0.39 is 23.4 Å². The van der Waals surface area contributed by atoms with E-state index in [0.717, 1.165) is 0 Å². The molecule has 20 heavy (non-hydrogen) atoms. The molecule has 0 spiro atoms. The minimum atomic E-state index is -1.58. The van der Waals surface area contributed by atoms with Crippen LogP contribution >= 0.6 is 0 Å². The maximum atomic E-state index is 13.0. The number of nitrogens with one attached hydrogen (secondary N) is 1. The first-order chi connectivity index (χ1) is 9.38. The van der Waals surface area contributed by atoms with E-state index in [1.807, 2.05) is 0 Å². The molecule has 0 radical (unpaired) electrons. The summed E-state index contributed by atoms with van der Waals surface area (Å²) in [4.78, 5) is 11.8. The number of hydrogen-bond acceptors (Lipinski definition) is 3. The van der Waals surface area contributed by atoms with Crippen molar-refractivity contribution in [3.8, 4) is 0 Å². The van der Waals surface area contributed by atoms with Crippen molar-refractivity contribution in [2.24, 2.45) is 0 Å².